The predicted molar refractivity (Wildman–Crippen MR) is 144 cm³/mol. The van der Waals surface area contributed by atoms with E-state index in [2.05, 4.69) is 15.8 Å². The van der Waals surface area contributed by atoms with Crippen LogP contribution in [0.1, 0.15) is 27.2 Å². The highest BCUT2D eigenvalue weighted by atomic mass is 19.1. The van der Waals surface area contributed by atoms with Crippen molar-refractivity contribution in [2.75, 3.05) is 26.2 Å². The summed E-state index contributed by atoms with van der Waals surface area (Å²) in [7, 11) is 0. The Labute approximate surface area is 231 Å². The lowest BCUT2D eigenvalue weighted by molar-refractivity contribution is -0.782. The Morgan fingerprint density at radius 2 is 1.80 bits per heavy atom. The number of hydrogen-bond acceptors (Lipinski definition) is 7. The highest BCUT2D eigenvalue weighted by Crippen LogP contribution is 2.27. The molecule has 0 aliphatic carbocycles. The molecule has 2 heterocycles. The van der Waals surface area contributed by atoms with Gasteiger partial charge in [0.15, 0.2) is 0 Å². The molecule has 0 radical (unpaired) electrons. The molecule has 5 rings (SSSR count). The molecule has 1 aliphatic heterocycles. The third-order valence-electron chi connectivity index (χ3n) is 6.75. The maximum Gasteiger partial charge on any atom is 0.314 e. The van der Waals surface area contributed by atoms with Gasteiger partial charge in [0.05, 0.1) is 45.2 Å². The molecule has 1 amide bonds. The van der Waals surface area contributed by atoms with Gasteiger partial charge in [-0.15, -0.1) is 5.01 Å². The molecule has 4 aromatic rings. The average Bonchev–Trinajstić information content (AvgIpc) is 2.98. The fraction of sp³-hybridized carbons (Fsp3) is 0.222. The number of benzene rings is 3. The van der Waals surface area contributed by atoms with Gasteiger partial charge in [-0.3, -0.25) is 19.7 Å². The zero-order valence-electron chi connectivity index (χ0n) is 21.9. The Kier molecular flexibility index (Phi) is 7.54. The minimum atomic E-state index is -0.680. The van der Waals surface area contributed by atoms with Gasteiger partial charge in [0, 0.05) is 31.0 Å². The summed E-state index contributed by atoms with van der Waals surface area (Å²) in [5, 5.41) is 20.3. The molecular formula is C27H25FN7O6+. The van der Waals surface area contributed by atoms with E-state index in [4.69, 9.17) is 4.84 Å². The van der Waals surface area contributed by atoms with Gasteiger partial charge in [-0.25, -0.2) is 9.49 Å². The molecule has 1 saturated heterocycles. The van der Waals surface area contributed by atoms with Crippen molar-refractivity contribution in [3.05, 3.63) is 114 Å². The van der Waals surface area contributed by atoms with Crippen molar-refractivity contribution in [1.29, 1.82) is 0 Å². The topological polar surface area (TPSA) is 154 Å². The molecule has 41 heavy (non-hydrogen) atoms. The molecule has 210 valence electrons. The largest absolute Gasteiger partial charge is 0.335 e. The van der Waals surface area contributed by atoms with E-state index in [0.717, 1.165) is 0 Å². The van der Waals surface area contributed by atoms with Crippen LogP contribution in [0, 0.1) is 27.8 Å². The number of nitro benzene ring substituents is 1. The standard InChI is InChI=1S/C27H24FN7O6/c1-17-6-9-25(24(14-17)34(38)39)41-31-35(40)33-12-10-32(11-13-33)27(37)21-15-18(7-8-22(21)28)16-23-19-4-2-3-5-20(19)26(36)30-29-23/h2-9,14-15H,10-13,16H2,1H3,(H-,30,31,36,40)/p+1. The number of nitroso groups, excluding NO2 is 1. The number of carbonyl (C=O) groups is 1. The van der Waals surface area contributed by atoms with E-state index >= 15 is 0 Å². The maximum atomic E-state index is 14.7. The van der Waals surface area contributed by atoms with E-state index < -0.39 is 16.6 Å². The average molecular weight is 563 g/mol. The molecule has 0 bridgehead atoms. The molecule has 3 aromatic carbocycles. The molecule has 0 spiro atoms. The van der Waals surface area contributed by atoms with Crippen molar-refractivity contribution in [3.8, 4) is 5.75 Å². The van der Waals surface area contributed by atoms with E-state index in [-0.39, 0.29) is 55.2 Å². The first kappa shape index (κ1) is 27.2. The van der Waals surface area contributed by atoms with Crippen molar-refractivity contribution in [1.82, 2.24) is 25.7 Å². The first-order valence-corrected chi connectivity index (χ1v) is 12.6. The summed E-state index contributed by atoms with van der Waals surface area (Å²) in [5.74, 6) is -1.34. The third kappa shape index (κ3) is 5.80. The number of fused-ring (bicyclic) bond motifs is 1. The number of hydrazine groups is 2. The lowest BCUT2D eigenvalue weighted by Gasteiger charge is -2.29. The Hall–Kier alpha value is -5.40. The van der Waals surface area contributed by atoms with Crippen molar-refractivity contribution >= 4 is 22.4 Å². The Balaban J connectivity index is 1.22. The SMILES string of the molecule is Cc1ccc(ON[N+](=O)N2CCN(C(=O)c3cc(Cc4n[nH]c(=O)c5ccccc45)ccc3F)CC2)c([N+](=O)[O-])c1. The van der Waals surface area contributed by atoms with E-state index in [0.29, 0.717) is 32.6 Å². The number of halogens is 1. The third-order valence-corrected chi connectivity index (χ3v) is 6.75. The molecule has 14 heteroatoms. The monoisotopic (exact) mass is 562 g/mol. The summed E-state index contributed by atoms with van der Waals surface area (Å²) in [6.07, 6.45) is 0.265. The van der Waals surface area contributed by atoms with E-state index in [9.17, 15) is 29.0 Å². The van der Waals surface area contributed by atoms with Crippen LogP contribution in [0.25, 0.3) is 10.8 Å². The lowest BCUT2D eigenvalue weighted by Crippen LogP contribution is -2.54. The minimum Gasteiger partial charge on any atom is -0.335 e. The number of aromatic amines is 1. The zero-order valence-corrected chi connectivity index (χ0v) is 21.9. The van der Waals surface area contributed by atoms with Crippen molar-refractivity contribution in [2.45, 2.75) is 13.3 Å². The summed E-state index contributed by atoms with van der Waals surface area (Å²) in [6.45, 7) is 2.16. The Morgan fingerprint density at radius 1 is 1.07 bits per heavy atom. The van der Waals surface area contributed by atoms with Crippen LogP contribution in [0.4, 0.5) is 10.1 Å². The Morgan fingerprint density at radius 3 is 2.54 bits per heavy atom. The van der Waals surface area contributed by atoms with Gasteiger partial charge in [-0.2, -0.15) is 5.10 Å². The number of nitrogens with zero attached hydrogens (tertiary/aromatic N) is 5. The fourth-order valence-electron chi connectivity index (χ4n) is 4.60. The number of carbonyl (C=O) groups excluding carboxylic acids is 1. The smallest absolute Gasteiger partial charge is 0.314 e. The normalized spacial score (nSPS) is 13.2. The van der Waals surface area contributed by atoms with Crippen LogP contribution in [0.3, 0.4) is 0 Å². The molecule has 2 N–H and O–H groups in total. The zero-order chi connectivity index (χ0) is 29.1. The highest BCUT2D eigenvalue weighted by molar-refractivity contribution is 5.95. The summed E-state index contributed by atoms with van der Waals surface area (Å²) >= 11 is 0. The van der Waals surface area contributed by atoms with Gasteiger partial charge in [0.1, 0.15) is 5.82 Å². The van der Waals surface area contributed by atoms with Crippen molar-refractivity contribution < 1.29 is 23.9 Å². The number of nitrogens with one attached hydrogen (secondary N) is 2. The quantitative estimate of drug-likeness (QED) is 0.187. The molecular weight excluding hydrogens is 537 g/mol. The number of amides is 1. The predicted octanol–water partition coefficient (Wildman–Crippen LogP) is 2.82. The van der Waals surface area contributed by atoms with Gasteiger partial charge in [-0.05, 0) is 42.3 Å². The summed E-state index contributed by atoms with van der Waals surface area (Å²) in [6, 6.07) is 15.6. The summed E-state index contributed by atoms with van der Waals surface area (Å²) in [4.78, 5) is 55.3. The molecule has 0 saturated carbocycles. The first-order valence-electron chi connectivity index (χ1n) is 12.6. The fourth-order valence-corrected chi connectivity index (χ4v) is 4.60. The van der Waals surface area contributed by atoms with Crippen molar-refractivity contribution in [2.24, 2.45) is 0 Å². The molecule has 13 nitrogen and oxygen atoms in total. The molecule has 1 aliphatic rings. The second-order valence-corrected chi connectivity index (χ2v) is 9.48. The lowest BCUT2D eigenvalue weighted by atomic mass is 10.0. The van der Waals surface area contributed by atoms with Crippen LogP contribution in [0.5, 0.6) is 5.75 Å². The number of aryl methyl sites for hydroxylation is 1. The Bertz CT molecular complexity index is 1720. The van der Waals surface area contributed by atoms with Gasteiger partial charge in [0.2, 0.25) is 5.75 Å². The van der Waals surface area contributed by atoms with Gasteiger partial charge in [0.25, 0.3) is 16.4 Å². The van der Waals surface area contributed by atoms with Gasteiger partial charge >= 0.3 is 5.69 Å². The van der Waals surface area contributed by atoms with Crippen LogP contribution in [-0.2, 0) is 6.42 Å². The van der Waals surface area contributed by atoms with E-state index in [1.807, 2.05) is 0 Å². The number of H-pyrrole nitrogens is 1. The van der Waals surface area contributed by atoms with Crippen LogP contribution in [0.15, 0.2) is 65.5 Å². The summed E-state index contributed by atoms with van der Waals surface area (Å²) < 4.78 is 14.7. The van der Waals surface area contributed by atoms with Crippen molar-refractivity contribution in [3.63, 3.8) is 0 Å². The van der Waals surface area contributed by atoms with Gasteiger partial charge in [-0.1, -0.05) is 30.3 Å². The second-order valence-electron chi connectivity index (χ2n) is 9.48. The van der Waals surface area contributed by atoms with E-state index in [1.165, 1.54) is 34.2 Å². The molecule has 0 unspecified atom stereocenters. The van der Waals surface area contributed by atoms with Crippen LogP contribution < -0.4 is 16.0 Å². The number of rotatable bonds is 8. The molecule has 1 fully saturated rings. The number of nitro groups is 1. The number of piperazine rings is 1. The minimum absolute atomic E-state index is 0.107. The second kappa shape index (κ2) is 11.4. The number of aromatic nitrogens is 2. The van der Waals surface area contributed by atoms with Gasteiger partial charge < -0.3 is 9.74 Å². The molecule has 1 aromatic heterocycles. The number of hydrogen-bond donors (Lipinski definition) is 2. The molecule has 0 atom stereocenters. The van der Waals surface area contributed by atoms with Crippen LogP contribution in [-0.4, -0.2) is 62.1 Å². The van der Waals surface area contributed by atoms with Crippen LogP contribution in [0.2, 0.25) is 0 Å². The highest BCUT2D eigenvalue weighted by Gasteiger charge is 2.31. The maximum absolute atomic E-state index is 14.7. The van der Waals surface area contributed by atoms with E-state index in [1.54, 1.807) is 43.3 Å². The van der Waals surface area contributed by atoms with Crippen LogP contribution >= 0.6 is 0 Å². The summed E-state index contributed by atoms with van der Waals surface area (Å²) in [5.41, 5.74) is 3.28. The first-order chi connectivity index (χ1) is 19.7.